The van der Waals surface area contributed by atoms with Crippen molar-refractivity contribution in [1.82, 2.24) is 15.6 Å². The largest absolute Gasteiger partial charge is 0.478 e. The average Bonchev–Trinajstić information content (AvgIpc) is 2.90. The lowest BCUT2D eigenvalue weighted by atomic mass is 10.0. The molecule has 1 unspecified atom stereocenters. The normalized spacial score (nSPS) is 21.0. The molecule has 1 aliphatic rings. The van der Waals surface area contributed by atoms with E-state index in [0.717, 1.165) is 19.4 Å². The Labute approximate surface area is 122 Å². The van der Waals surface area contributed by atoms with Crippen LogP contribution in [-0.2, 0) is 11.3 Å². The monoisotopic (exact) mass is 293 g/mol. The summed E-state index contributed by atoms with van der Waals surface area (Å²) in [5, 5.41) is 14.3. The quantitative estimate of drug-likeness (QED) is 0.756. The molecule has 0 aromatic carbocycles. The van der Waals surface area contributed by atoms with Crippen molar-refractivity contribution in [2.75, 3.05) is 13.2 Å². The van der Waals surface area contributed by atoms with Crippen LogP contribution in [0.5, 0.6) is 0 Å². The lowest BCUT2D eigenvalue weighted by molar-refractivity contribution is 0.0229. The highest BCUT2D eigenvalue weighted by atomic mass is 16.5. The van der Waals surface area contributed by atoms with Crippen LogP contribution in [0.4, 0.5) is 4.79 Å². The molecule has 2 heterocycles. The smallest absolute Gasteiger partial charge is 0.335 e. The van der Waals surface area contributed by atoms with Crippen LogP contribution in [0.3, 0.4) is 0 Å². The fourth-order valence-corrected chi connectivity index (χ4v) is 2.18. The summed E-state index contributed by atoms with van der Waals surface area (Å²) >= 11 is 0. The Morgan fingerprint density at radius 2 is 2.29 bits per heavy atom. The summed E-state index contributed by atoms with van der Waals surface area (Å²) in [6.07, 6.45) is 3.34. The van der Waals surface area contributed by atoms with Crippen molar-refractivity contribution in [2.45, 2.75) is 31.9 Å². The molecule has 0 spiro atoms. The Kier molecular flexibility index (Phi) is 4.74. The maximum absolute atomic E-state index is 11.7. The fraction of sp³-hybridized carbons (Fsp3) is 0.500. The van der Waals surface area contributed by atoms with Crippen LogP contribution in [0.2, 0.25) is 0 Å². The van der Waals surface area contributed by atoms with Crippen molar-refractivity contribution in [3.63, 3.8) is 0 Å². The molecule has 1 saturated heterocycles. The number of ether oxygens (including phenoxy) is 1. The number of carboxylic acid groups (broad SMARTS) is 1. The SMILES string of the molecule is CC1(CNC(=O)NCc2cc(C(=O)O)ccn2)CCCO1. The number of rotatable bonds is 5. The minimum atomic E-state index is -1.02. The summed E-state index contributed by atoms with van der Waals surface area (Å²) in [4.78, 5) is 26.6. The Hall–Kier alpha value is -2.15. The highest BCUT2D eigenvalue weighted by molar-refractivity contribution is 5.87. The van der Waals surface area contributed by atoms with Gasteiger partial charge in [-0.25, -0.2) is 9.59 Å². The summed E-state index contributed by atoms with van der Waals surface area (Å²) in [6.45, 7) is 3.32. The third-order valence-corrected chi connectivity index (χ3v) is 3.42. The highest BCUT2D eigenvalue weighted by Gasteiger charge is 2.29. The molecule has 2 amide bonds. The second-order valence-electron chi connectivity index (χ2n) is 5.28. The van der Waals surface area contributed by atoms with E-state index in [1.54, 1.807) is 0 Å². The number of nitrogens with one attached hydrogen (secondary N) is 2. The number of aromatic carboxylic acids is 1. The molecular formula is C14H19N3O4. The molecule has 7 heteroatoms. The van der Waals surface area contributed by atoms with Gasteiger partial charge in [0.05, 0.1) is 23.4 Å². The highest BCUT2D eigenvalue weighted by Crippen LogP contribution is 2.23. The predicted octanol–water partition coefficient (Wildman–Crippen LogP) is 1.15. The summed E-state index contributed by atoms with van der Waals surface area (Å²) in [5.74, 6) is -1.02. The Balaban J connectivity index is 1.78. The number of hydrogen-bond acceptors (Lipinski definition) is 4. The van der Waals surface area contributed by atoms with Gasteiger partial charge in [0, 0.05) is 19.3 Å². The van der Waals surface area contributed by atoms with Gasteiger partial charge < -0.3 is 20.5 Å². The molecule has 7 nitrogen and oxygen atoms in total. The van der Waals surface area contributed by atoms with Gasteiger partial charge >= 0.3 is 12.0 Å². The maximum atomic E-state index is 11.7. The van der Waals surface area contributed by atoms with Gasteiger partial charge in [-0.1, -0.05) is 0 Å². The molecular weight excluding hydrogens is 274 g/mol. The van der Waals surface area contributed by atoms with E-state index in [1.165, 1.54) is 18.3 Å². The molecule has 21 heavy (non-hydrogen) atoms. The molecule has 1 atom stereocenters. The average molecular weight is 293 g/mol. The zero-order chi connectivity index (χ0) is 15.3. The zero-order valence-corrected chi connectivity index (χ0v) is 11.9. The van der Waals surface area contributed by atoms with Gasteiger partial charge in [-0.15, -0.1) is 0 Å². The van der Waals surface area contributed by atoms with Gasteiger partial charge in [0.1, 0.15) is 0 Å². The second-order valence-corrected chi connectivity index (χ2v) is 5.28. The number of carboxylic acids is 1. The van der Waals surface area contributed by atoms with Gasteiger partial charge in [-0.05, 0) is 31.9 Å². The molecule has 1 aromatic rings. The van der Waals surface area contributed by atoms with E-state index in [4.69, 9.17) is 9.84 Å². The van der Waals surface area contributed by atoms with Crippen LogP contribution >= 0.6 is 0 Å². The number of aromatic nitrogens is 1. The number of carbonyl (C=O) groups excluding carboxylic acids is 1. The van der Waals surface area contributed by atoms with E-state index < -0.39 is 5.97 Å². The number of urea groups is 1. The van der Waals surface area contributed by atoms with Crippen LogP contribution in [0.15, 0.2) is 18.3 Å². The van der Waals surface area contributed by atoms with E-state index in [1.807, 2.05) is 6.92 Å². The Morgan fingerprint density at radius 1 is 1.48 bits per heavy atom. The van der Waals surface area contributed by atoms with E-state index in [2.05, 4.69) is 15.6 Å². The number of hydrogen-bond donors (Lipinski definition) is 3. The molecule has 1 aliphatic heterocycles. The summed E-state index contributed by atoms with van der Waals surface area (Å²) < 4.78 is 5.58. The maximum Gasteiger partial charge on any atom is 0.335 e. The standard InChI is InChI=1S/C14H19N3O4/c1-14(4-2-6-21-14)9-17-13(20)16-8-11-7-10(12(18)19)3-5-15-11/h3,5,7H,2,4,6,8-9H2,1H3,(H,18,19)(H2,16,17,20). The van der Waals surface area contributed by atoms with E-state index in [0.29, 0.717) is 12.2 Å². The van der Waals surface area contributed by atoms with Crippen LogP contribution in [0.25, 0.3) is 0 Å². The molecule has 0 aliphatic carbocycles. The number of pyridine rings is 1. The van der Waals surface area contributed by atoms with E-state index in [-0.39, 0.29) is 23.7 Å². The van der Waals surface area contributed by atoms with Crippen molar-refractivity contribution in [3.05, 3.63) is 29.6 Å². The first-order valence-corrected chi connectivity index (χ1v) is 6.82. The van der Waals surface area contributed by atoms with Gasteiger partial charge in [0.2, 0.25) is 0 Å². The van der Waals surface area contributed by atoms with E-state index in [9.17, 15) is 9.59 Å². The Morgan fingerprint density at radius 3 is 2.95 bits per heavy atom. The lowest BCUT2D eigenvalue weighted by Crippen LogP contribution is -2.44. The number of carbonyl (C=O) groups is 2. The molecule has 1 aromatic heterocycles. The van der Waals surface area contributed by atoms with Gasteiger partial charge in [0.15, 0.2) is 0 Å². The molecule has 0 saturated carbocycles. The van der Waals surface area contributed by atoms with Gasteiger partial charge in [-0.2, -0.15) is 0 Å². The van der Waals surface area contributed by atoms with Crippen LogP contribution in [-0.4, -0.2) is 40.8 Å². The third-order valence-electron chi connectivity index (χ3n) is 3.42. The summed E-state index contributed by atoms with van der Waals surface area (Å²) in [5.41, 5.74) is 0.348. The molecule has 0 bridgehead atoms. The first-order valence-electron chi connectivity index (χ1n) is 6.82. The van der Waals surface area contributed by atoms with Crippen LogP contribution in [0, 0.1) is 0 Å². The first kappa shape index (κ1) is 15.2. The van der Waals surface area contributed by atoms with Crippen LogP contribution in [0.1, 0.15) is 35.8 Å². The minimum absolute atomic E-state index is 0.147. The molecule has 1 fully saturated rings. The summed E-state index contributed by atoms with van der Waals surface area (Å²) in [7, 11) is 0. The molecule has 0 radical (unpaired) electrons. The number of nitrogens with zero attached hydrogens (tertiary/aromatic N) is 1. The predicted molar refractivity (Wildman–Crippen MR) is 75.0 cm³/mol. The van der Waals surface area contributed by atoms with Crippen molar-refractivity contribution < 1.29 is 19.4 Å². The Bertz CT molecular complexity index is 527. The second kappa shape index (κ2) is 6.53. The van der Waals surface area contributed by atoms with E-state index >= 15 is 0 Å². The molecule has 2 rings (SSSR count). The lowest BCUT2D eigenvalue weighted by Gasteiger charge is -2.23. The number of amides is 2. The topological polar surface area (TPSA) is 101 Å². The fourth-order valence-electron chi connectivity index (χ4n) is 2.18. The van der Waals surface area contributed by atoms with Crippen molar-refractivity contribution in [2.24, 2.45) is 0 Å². The van der Waals surface area contributed by atoms with Gasteiger partial charge in [-0.3, -0.25) is 4.98 Å². The third kappa shape index (κ3) is 4.42. The molecule has 114 valence electrons. The zero-order valence-electron chi connectivity index (χ0n) is 11.9. The summed E-state index contributed by atoms with van der Waals surface area (Å²) in [6, 6.07) is 2.52. The van der Waals surface area contributed by atoms with Gasteiger partial charge in [0.25, 0.3) is 0 Å². The molecule has 3 N–H and O–H groups in total. The van der Waals surface area contributed by atoms with Crippen molar-refractivity contribution >= 4 is 12.0 Å². The van der Waals surface area contributed by atoms with Crippen molar-refractivity contribution in [3.8, 4) is 0 Å². The van der Waals surface area contributed by atoms with Crippen molar-refractivity contribution in [1.29, 1.82) is 0 Å². The van der Waals surface area contributed by atoms with Crippen LogP contribution < -0.4 is 10.6 Å². The minimum Gasteiger partial charge on any atom is -0.478 e. The first-order chi connectivity index (χ1) is 9.98.